The molecule has 2 aromatic carbocycles. The van der Waals surface area contributed by atoms with Gasteiger partial charge in [-0.2, -0.15) is 0 Å². The number of nitrogens with one attached hydrogen (secondary N) is 1. The van der Waals surface area contributed by atoms with Crippen molar-refractivity contribution in [1.82, 2.24) is 10.2 Å². The molecule has 2 aromatic rings. The first-order chi connectivity index (χ1) is 9.83. The van der Waals surface area contributed by atoms with Gasteiger partial charge in [-0.1, -0.05) is 60.2 Å². The zero-order chi connectivity index (χ0) is 13.8. The molecule has 1 unspecified atom stereocenters. The van der Waals surface area contributed by atoms with Gasteiger partial charge in [0.2, 0.25) is 0 Å². The van der Waals surface area contributed by atoms with E-state index >= 15 is 0 Å². The van der Waals surface area contributed by atoms with Crippen molar-refractivity contribution in [3.8, 4) is 0 Å². The minimum Gasteiger partial charge on any atom is -0.314 e. The van der Waals surface area contributed by atoms with Gasteiger partial charge in [-0.15, -0.1) is 0 Å². The van der Waals surface area contributed by atoms with Crippen LogP contribution in [0.15, 0.2) is 54.6 Å². The van der Waals surface area contributed by atoms with Gasteiger partial charge in [-0.3, -0.25) is 4.90 Å². The third-order valence-corrected chi connectivity index (χ3v) is 4.01. The van der Waals surface area contributed by atoms with Gasteiger partial charge in [0.25, 0.3) is 0 Å². The lowest BCUT2D eigenvalue weighted by Gasteiger charge is -2.36. The molecule has 104 valence electrons. The van der Waals surface area contributed by atoms with Crippen molar-refractivity contribution < 1.29 is 0 Å². The summed E-state index contributed by atoms with van der Waals surface area (Å²) in [6.07, 6.45) is 0. The van der Waals surface area contributed by atoms with Crippen molar-refractivity contribution in [3.63, 3.8) is 0 Å². The summed E-state index contributed by atoms with van der Waals surface area (Å²) in [4.78, 5) is 2.58. The van der Waals surface area contributed by atoms with Crippen LogP contribution < -0.4 is 5.32 Å². The fourth-order valence-electron chi connectivity index (χ4n) is 2.98. The van der Waals surface area contributed by atoms with Gasteiger partial charge in [0, 0.05) is 32.2 Å². The van der Waals surface area contributed by atoms with E-state index in [1.165, 1.54) is 16.7 Å². The molecule has 1 N–H and O–H groups in total. The van der Waals surface area contributed by atoms with Gasteiger partial charge >= 0.3 is 0 Å². The Hall–Kier alpha value is -1.64. The van der Waals surface area contributed by atoms with E-state index in [0.717, 1.165) is 26.2 Å². The van der Waals surface area contributed by atoms with Crippen molar-refractivity contribution in [2.75, 3.05) is 19.6 Å². The Kier molecular flexibility index (Phi) is 4.14. The number of piperazine rings is 1. The second kappa shape index (κ2) is 6.21. The van der Waals surface area contributed by atoms with E-state index in [9.17, 15) is 0 Å². The first-order valence-electron chi connectivity index (χ1n) is 7.38. The molecular formula is C18H22N2. The summed E-state index contributed by atoms with van der Waals surface area (Å²) in [5.74, 6) is 0. The van der Waals surface area contributed by atoms with Gasteiger partial charge in [-0.05, 0) is 18.1 Å². The van der Waals surface area contributed by atoms with Crippen LogP contribution in [0.25, 0.3) is 0 Å². The van der Waals surface area contributed by atoms with Gasteiger partial charge < -0.3 is 5.32 Å². The standard InChI is InChI=1S/C18H22N2/c1-15-6-5-7-16(12-15)14-20-11-10-19-13-18(20)17-8-3-2-4-9-17/h2-9,12,18-19H,10-11,13-14H2,1H3. The molecule has 0 aliphatic carbocycles. The molecule has 1 aliphatic heterocycles. The molecule has 2 nitrogen and oxygen atoms in total. The number of rotatable bonds is 3. The molecule has 0 bridgehead atoms. The van der Waals surface area contributed by atoms with E-state index in [1.807, 2.05) is 0 Å². The summed E-state index contributed by atoms with van der Waals surface area (Å²) < 4.78 is 0. The molecule has 1 fully saturated rings. The zero-order valence-electron chi connectivity index (χ0n) is 12.0. The monoisotopic (exact) mass is 266 g/mol. The molecule has 2 heteroatoms. The van der Waals surface area contributed by atoms with Gasteiger partial charge in [0.1, 0.15) is 0 Å². The van der Waals surface area contributed by atoms with E-state index < -0.39 is 0 Å². The molecule has 1 heterocycles. The molecule has 1 saturated heterocycles. The minimum absolute atomic E-state index is 0.477. The van der Waals surface area contributed by atoms with Crippen LogP contribution in [0.4, 0.5) is 0 Å². The van der Waals surface area contributed by atoms with Gasteiger partial charge in [0.15, 0.2) is 0 Å². The predicted octanol–water partition coefficient (Wildman–Crippen LogP) is 3.14. The van der Waals surface area contributed by atoms with Crippen LogP contribution in [-0.2, 0) is 6.54 Å². The average Bonchev–Trinajstić information content (AvgIpc) is 2.49. The van der Waals surface area contributed by atoms with E-state index in [2.05, 4.69) is 71.7 Å². The highest BCUT2D eigenvalue weighted by atomic mass is 15.2. The normalized spacial score (nSPS) is 19.9. The van der Waals surface area contributed by atoms with E-state index in [4.69, 9.17) is 0 Å². The first-order valence-corrected chi connectivity index (χ1v) is 7.38. The second-order valence-corrected chi connectivity index (χ2v) is 5.59. The zero-order valence-corrected chi connectivity index (χ0v) is 12.0. The maximum atomic E-state index is 3.52. The maximum Gasteiger partial charge on any atom is 0.0476 e. The second-order valence-electron chi connectivity index (χ2n) is 5.59. The van der Waals surface area contributed by atoms with Crippen LogP contribution in [0.1, 0.15) is 22.7 Å². The van der Waals surface area contributed by atoms with Crippen molar-refractivity contribution in [3.05, 3.63) is 71.3 Å². The Labute approximate surface area is 121 Å². The maximum absolute atomic E-state index is 3.52. The lowest BCUT2D eigenvalue weighted by atomic mass is 10.0. The molecule has 20 heavy (non-hydrogen) atoms. The van der Waals surface area contributed by atoms with Crippen molar-refractivity contribution in [2.24, 2.45) is 0 Å². The molecule has 0 aromatic heterocycles. The summed E-state index contributed by atoms with van der Waals surface area (Å²) >= 11 is 0. The summed E-state index contributed by atoms with van der Waals surface area (Å²) in [5.41, 5.74) is 4.16. The fourth-order valence-corrected chi connectivity index (χ4v) is 2.98. The third kappa shape index (κ3) is 3.09. The summed E-state index contributed by atoms with van der Waals surface area (Å²) in [5, 5.41) is 3.52. The molecular weight excluding hydrogens is 244 g/mol. The first kappa shape index (κ1) is 13.3. The highest BCUT2D eigenvalue weighted by Crippen LogP contribution is 2.24. The van der Waals surface area contributed by atoms with Crippen LogP contribution >= 0.6 is 0 Å². The predicted molar refractivity (Wildman–Crippen MR) is 83.6 cm³/mol. The fraction of sp³-hybridized carbons (Fsp3) is 0.333. The number of hydrogen-bond donors (Lipinski definition) is 1. The Bertz CT molecular complexity index is 550. The Morgan fingerprint density at radius 1 is 1.10 bits per heavy atom. The van der Waals surface area contributed by atoms with Crippen LogP contribution in [0.5, 0.6) is 0 Å². The SMILES string of the molecule is Cc1cccc(CN2CCNCC2c2ccccc2)c1. The third-order valence-electron chi connectivity index (χ3n) is 4.01. The quantitative estimate of drug-likeness (QED) is 0.918. The van der Waals surface area contributed by atoms with Gasteiger partial charge in [0.05, 0.1) is 0 Å². The van der Waals surface area contributed by atoms with E-state index in [0.29, 0.717) is 6.04 Å². The number of benzene rings is 2. The average molecular weight is 266 g/mol. The molecule has 3 rings (SSSR count). The topological polar surface area (TPSA) is 15.3 Å². The molecule has 1 aliphatic rings. The van der Waals surface area contributed by atoms with E-state index in [-0.39, 0.29) is 0 Å². The van der Waals surface area contributed by atoms with Crippen molar-refractivity contribution >= 4 is 0 Å². The number of nitrogens with zero attached hydrogens (tertiary/aromatic N) is 1. The van der Waals surface area contributed by atoms with Gasteiger partial charge in [-0.25, -0.2) is 0 Å². The number of hydrogen-bond acceptors (Lipinski definition) is 2. The van der Waals surface area contributed by atoms with Crippen molar-refractivity contribution in [2.45, 2.75) is 19.5 Å². The smallest absolute Gasteiger partial charge is 0.0476 e. The molecule has 1 atom stereocenters. The molecule has 0 radical (unpaired) electrons. The summed E-state index contributed by atoms with van der Waals surface area (Å²) in [7, 11) is 0. The highest BCUT2D eigenvalue weighted by molar-refractivity contribution is 5.24. The van der Waals surface area contributed by atoms with E-state index in [1.54, 1.807) is 0 Å². The summed E-state index contributed by atoms with van der Waals surface area (Å²) in [6, 6.07) is 20.2. The Balaban J connectivity index is 1.79. The van der Waals surface area contributed by atoms with Crippen molar-refractivity contribution in [1.29, 1.82) is 0 Å². The molecule has 0 spiro atoms. The Morgan fingerprint density at radius 2 is 1.95 bits per heavy atom. The van der Waals surface area contributed by atoms with Crippen LogP contribution in [0.2, 0.25) is 0 Å². The highest BCUT2D eigenvalue weighted by Gasteiger charge is 2.23. The lowest BCUT2D eigenvalue weighted by Crippen LogP contribution is -2.45. The van der Waals surface area contributed by atoms with Crippen LogP contribution in [0, 0.1) is 6.92 Å². The molecule has 0 saturated carbocycles. The summed E-state index contributed by atoms with van der Waals surface area (Å²) in [6.45, 7) is 6.41. The Morgan fingerprint density at radius 3 is 2.75 bits per heavy atom. The largest absolute Gasteiger partial charge is 0.314 e. The molecule has 0 amide bonds. The van der Waals surface area contributed by atoms with Crippen LogP contribution in [0.3, 0.4) is 0 Å². The number of aryl methyl sites for hydroxylation is 1. The lowest BCUT2D eigenvalue weighted by molar-refractivity contribution is 0.154. The van der Waals surface area contributed by atoms with Crippen LogP contribution in [-0.4, -0.2) is 24.5 Å². The minimum atomic E-state index is 0.477.